The molecule has 2 aromatic heterocycles. The molecule has 2 aromatic rings. The topological polar surface area (TPSA) is 91.3 Å². The zero-order valence-corrected chi connectivity index (χ0v) is 19.0. The Morgan fingerprint density at radius 2 is 1.87 bits per heavy atom. The van der Waals surface area contributed by atoms with Gasteiger partial charge in [-0.3, -0.25) is 24.0 Å². The van der Waals surface area contributed by atoms with Gasteiger partial charge in [0.15, 0.2) is 5.65 Å². The van der Waals surface area contributed by atoms with Crippen molar-refractivity contribution in [3.8, 4) is 0 Å². The number of pyridine rings is 1. The van der Waals surface area contributed by atoms with E-state index >= 15 is 0 Å². The van der Waals surface area contributed by atoms with Crippen molar-refractivity contribution in [3.63, 3.8) is 0 Å². The minimum Gasteiger partial charge on any atom is -0.337 e. The number of aromatic amines is 1. The number of amides is 1. The van der Waals surface area contributed by atoms with E-state index < -0.39 is 11.2 Å². The summed E-state index contributed by atoms with van der Waals surface area (Å²) in [6, 6.07) is 2.14. The number of nitrogens with zero attached hydrogens (tertiary/aromatic N) is 4. The molecule has 8 nitrogen and oxygen atoms in total. The third kappa shape index (κ3) is 4.18. The Bertz CT molecular complexity index is 1090. The fraction of sp³-hybridized carbons (Fsp3) is 0.652. The van der Waals surface area contributed by atoms with Gasteiger partial charge in [-0.05, 0) is 50.3 Å². The molecule has 31 heavy (non-hydrogen) atoms. The lowest BCUT2D eigenvalue weighted by atomic mass is 10.0. The second-order valence-electron chi connectivity index (χ2n) is 9.65. The summed E-state index contributed by atoms with van der Waals surface area (Å²) in [5.41, 5.74) is 0.366. The molecule has 2 fully saturated rings. The van der Waals surface area contributed by atoms with E-state index in [1.807, 2.05) is 32.6 Å². The highest BCUT2D eigenvalue weighted by Gasteiger charge is 2.33. The largest absolute Gasteiger partial charge is 0.337 e. The van der Waals surface area contributed by atoms with Crippen molar-refractivity contribution in [2.24, 2.45) is 5.92 Å². The van der Waals surface area contributed by atoms with Gasteiger partial charge in [0.1, 0.15) is 0 Å². The van der Waals surface area contributed by atoms with Crippen LogP contribution in [0.1, 0.15) is 68.9 Å². The van der Waals surface area contributed by atoms with Crippen LogP contribution in [0.4, 0.5) is 0 Å². The fourth-order valence-electron chi connectivity index (χ4n) is 4.79. The molecule has 1 amide bonds. The van der Waals surface area contributed by atoms with Gasteiger partial charge in [-0.25, -0.2) is 9.78 Å². The summed E-state index contributed by atoms with van der Waals surface area (Å²) in [6.07, 6.45) is 3.40. The Balaban J connectivity index is 1.80. The Kier molecular flexibility index (Phi) is 6.01. The van der Waals surface area contributed by atoms with Gasteiger partial charge in [-0.2, -0.15) is 0 Å². The van der Waals surface area contributed by atoms with Crippen molar-refractivity contribution in [2.45, 2.75) is 65.5 Å². The molecule has 2 saturated heterocycles. The summed E-state index contributed by atoms with van der Waals surface area (Å²) in [5.74, 6) is 0.111. The van der Waals surface area contributed by atoms with E-state index in [2.05, 4.69) is 14.9 Å². The second kappa shape index (κ2) is 8.57. The van der Waals surface area contributed by atoms with Gasteiger partial charge < -0.3 is 4.90 Å². The summed E-state index contributed by atoms with van der Waals surface area (Å²) in [6.45, 7) is 12.0. The highest BCUT2D eigenvalue weighted by Crippen LogP contribution is 2.25. The smallest absolute Gasteiger partial charge is 0.330 e. The minimum atomic E-state index is -0.540. The van der Waals surface area contributed by atoms with Gasteiger partial charge >= 0.3 is 5.69 Å². The predicted molar refractivity (Wildman–Crippen MR) is 121 cm³/mol. The monoisotopic (exact) mass is 427 g/mol. The van der Waals surface area contributed by atoms with Crippen molar-refractivity contribution in [3.05, 3.63) is 38.2 Å². The highest BCUT2D eigenvalue weighted by atomic mass is 16.2. The molecule has 1 unspecified atom stereocenters. The number of carbonyl (C=O) groups is 1. The number of nitrogens with one attached hydrogen (secondary N) is 1. The molecule has 4 heterocycles. The van der Waals surface area contributed by atoms with Crippen molar-refractivity contribution >= 4 is 16.9 Å². The molecule has 0 bridgehead atoms. The van der Waals surface area contributed by atoms with Crippen molar-refractivity contribution in [1.29, 1.82) is 0 Å². The Hall–Kier alpha value is -2.48. The number of rotatable bonds is 5. The van der Waals surface area contributed by atoms with E-state index in [4.69, 9.17) is 0 Å². The molecular weight excluding hydrogens is 394 g/mol. The van der Waals surface area contributed by atoms with Crippen molar-refractivity contribution in [2.75, 3.05) is 26.2 Å². The van der Waals surface area contributed by atoms with Crippen molar-refractivity contribution in [1.82, 2.24) is 24.3 Å². The maximum atomic E-state index is 13.6. The number of carbonyl (C=O) groups excluding carboxylic acids is 1. The van der Waals surface area contributed by atoms with E-state index in [9.17, 15) is 14.4 Å². The van der Waals surface area contributed by atoms with Crippen LogP contribution in [-0.4, -0.2) is 62.5 Å². The first-order valence-corrected chi connectivity index (χ1v) is 11.5. The molecule has 1 atom stereocenters. The minimum absolute atomic E-state index is 0.0637. The van der Waals surface area contributed by atoms with Gasteiger partial charge in [0.25, 0.3) is 11.5 Å². The van der Waals surface area contributed by atoms with E-state index in [0.717, 1.165) is 19.5 Å². The molecule has 1 N–H and O–H groups in total. The fourth-order valence-corrected chi connectivity index (χ4v) is 4.79. The number of hydrogen-bond acceptors (Lipinski definition) is 5. The highest BCUT2D eigenvalue weighted by molar-refractivity contribution is 6.05. The van der Waals surface area contributed by atoms with Crippen LogP contribution in [0.3, 0.4) is 0 Å². The third-order valence-corrected chi connectivity index (χ3v) is 6.45. The molecule has 2 aliphatic heterocycles. The van der Waals surface area contributed by atoms with Crippen LogP contribution in [0.2, 0.25) is 0 Å². The summed E-state index contributed by atoms with van der Waals surface area (Å²) < 4.78 is 1.50. The van der Waals surface area contributed by atoms with Crippen LogP contribution in [0.25, 0.3) is 11.0 Å². The van der Waals surface area contributed by atoms with E-state index in [0.29, 0.717) is 42.6 Å². The van der Waals surface area contributed by atoms with E-state index in [1.54, 1.807) is 6.07 Å². The number of H-pyrrole nitrogens is 1. The lowest BCUT2D eigenvalue weighted by Gasteiger charge is -2.24. The predicted octanol–water partition coefficient (Wildman–Crippen LogP) is 2.17. The molecular formula is C23H33N5O3. The van der Waals surface area contributed by atoms with Crippen LogP contribution in [0.15, 0.2) is 15.7 Å². The molecule has 0 saturated carbocycles. The average Bonchev–Trinajstić information content (AvgIpc) is 3.40. The maximum absolute atomic E-state index is 13.6. The molecule has 168 valence electrons. The number of likely N-dealkylation sites (tertiary alicyclic amines) is 2. The van der Waals surface area contributed by atoms with Gasteiger partial charge in [0.2, 0.25) is 0 Å². The quantitative estimate of drug-likeness (QED) is 0.790. The van der Waals surface area contributed by atoms with Crippen LogP contribution < -0.4 is 11.2 Å². The summed E-state index contributed by atoms with van der Waals surface area (Å²) in [4.78, 5) is 50.4. The lowest BCUT2D eigenvalue weighted by molar-refractivity contribution is 0.0781. The van der Waals surface area contributed by atoms with E-state index in [1.165, 1.54) is 17.4 Å². The van der Waals surface area contributed by atoms with Gasteiger partial charge in [-0.15, -0.1) is 0 Å². The summed E-state index contributed by atoms with van der Waals surface area (Å²) >= 11 is 0. The van der Waals surface area contributed by atoms with Crippen LogP contribution in [-0.2, 0) is 6.54 Å². The first-order chi connectivity index (χ1) is 14.8. The molecule has 4 rings (SSSR count). The van der Waals surface area contributed by atoms with Crippen molar-refractivity contribution < 1.29 is 4.79 Å². The SMILES string of the molecule is CC(C)Cn1c(=O)[nH]c(=O)c2c(C(=O)N3CCC(N4CCCC4)C3)cc(C(C)C)nc21. The number of aromatic nitrogens is 3. The Morgan fingerprint density at radius 3 is 2.52 bits per heavy atom. The molecule has 0 aliphatic carbocycles. The number of hydrogen-bond donors (Lipinski definition) is 1. The average molecular weight is 428 g/mol. The van der Waals surface area contributed by atoms with Crippen LogP contribution in [0, 0.1) is 5.92 Å². The number of fused-ring (bicyclic) bond motifs is 1. The normalized spacial score (nSPS) is 19.9. The molecule has 2 aliphatic rings. The summed E-state index contributed by atoms with van der Waals surface area (Å²) in [5, 5.41) is 0.222. The van der Waals surface area contributed by atoms with Gasteiger partial charge in [0, 0.05) is 31.4 Å². The third-order valence-electron chi connectivity index (χ3n) is 6.45. The second-order valence-corrected chi connectivity index (χ2v) is 9.65. The molecule has 0 spiro atoms. The molecule has 8 heteroatoms. The first-order valence-electron chi connectivity index (χ1n) is 11.5. The standard InChI is InChI=1S/C23H33N5O3/c1-14(2)12-28-20-19(21(29)25-23(28)31)17(11-18(24-20)15(3)4)22(30)27-10-7-16(13-27)26-8-5-6-9-26/h11,14-16H,5-10,12-13H2,1-4H3,(H,25,29,31). The Morgan fingerprint density at radius 1 is 1.16 bits per heavy atom. The van der Waals surface area contributed by atoms with Crippen LogP contribution in [0.5, 0.6) is 0 Å². The maximum Gasteiger partial charge on any atom is 0.330 e. The summed E-state index contributed by atoms with van der Waals surface area (Å²) in [7, 11) is 0. The molecule has 0 aromatic carbocycles. The Labute approximate surface area is 182 Å². The van der Waals surface area contributed by atoms with Gasteiger partial charge in [0.05, 0.1) is 10.9 Å². The zero-order valence-electron chi connectivity index (χ0n) is 19.0. The first kappa shape index (κ1) is 21.7. The zero-order chi connectivity index (χ0) is 22.3. The van der Waals surface area contributed by atoms with E-state index in [-0.39, 0.29) is 23.1 Å². The lowest BCUT2D eigenvalue weighted by Crippen LogP contribution is -2.38. The van der Waals surface area contributed by atoms with Gasteiger partial charge in [-0.1, -0.05) is 27.7 Å². The molecule has 0 radical (unpaired) electrons. The van der Waals surface area contributed by atoms with Crippen LogP contribution >= 0.6 is 0 Å².